The number of aromatic nitrogens is 1. The summed E-state index contributed by atoms with van der Waals surface area (Å²) in [6.07, 6.45) is 3.30. The minimum absolute atomic E-state index is 0.0587. The molecule has 2 aromatic carbocycles. The van der Waals surface area contributed by atoms with Gasteiger partial charge in [0.2, 0.25) is 0 Å². The first kappa shape index (κ1) is 19.4. The maximum atomic E-state index is 13.0. The van der Waals surface area contributed by atoms with Crippen LogP contribution < -0.4 is 4.74 Å². The number of hydrogen-bond acceptors (Lipinski definition) is 5. The SMILES string of the molecule is COc1cccc(C(O)=C2C(=O)C(=O)N(Cc3cccnc3)[C@H]2c2ccccc2)c1. The average molecular weight is 400 g/mol. The van der Waals surface area contributed by atoms with Crippen molar-refractivity contribution >= 4 is 17.4 Å². The van der Waals surface area contributed by atoms with Crippen LogP contribution in [0.4, 0.5) is 0 Å². The molecule has 1 fully saturated rings. The van der Waals surface area contributed by atoms with Crippen LogP contribution in [0.15, 0.2) is 84.7 Å². The third-order valence-electron chi connectivity index (χ3n) is 5.07. The molecule has 1 aliphatic heterocycles. The molecule has 1 aromatic heterocycles. The number of ether oxygens (including phenoxy) is 1. The molecule has 0 aliphatic carbocycles. The summed E-state index contributed by atoms with van der Waals surface area (Å²) in [5.41, 5.74) is 2.00. The Balaban J connectivity index is 1.85. The molecule has 1 N–H and O–H groups in total. The number of rotatable bonds is 5. The molecule has 1 aliphatic rings. The molecule has 6 heteroatoms. The Labute approximate surface area is 174 Å². The Kier molecular flexibility index (Phi) is 5.30. The van der Waals surface area contributed by atoms with Gasteiger partial charge in [-0.25, -0.2) is 0 Å². The number of Topliss-reactive ketones (excluding diaryl/α,β-unsaturated/α-hetero) is 1. The molecule has 150 valence electrons. The number of carbonyl (C=O) groups excluding carboxylic acids is 2. The fourth-order valence-corrected chi connectivity index (χ4v) is 3.64. The van der Waals surface area contributed by atoms with Crippen molar-refractivity contribution in [3.8, 4) is 5.75 Å². The molecule has 1 atom stereocenters. The predicted octanol–water partition coefficient (Wildman–Crippen LogP) is 3.71. The van der Waals surface area contributed by atoms with E-state index < -0.39 is 17.7 Å². The van der Waals surface area contributed by atoms with Crippen LogP contribution >= 0.6 is 0 Å². The van der Waals surface area contributed by atoms with E-state index in [1.54, 1.807) is 42.7 Å². The van der Waals surface area contributed by atoms with E-state index in [-0.39, 0.29) is 17.9 Å². The van der Waals surface area contributed by atoms with Crippen LogP contribution in [0.1, 0.15) is 22.7 Å². The van der Waals surface area contributed by atoms with Gasteiger partial charge in [-0.05, 0) is 29.3 Å². The summed E-state index contributed by atoms with van der Waals surface area (Å²) in [6, 6.07) is 18.9. The molecule has 0 spiro atoms. The topological polar surface area (TPSA) is 79.7 Å². The van der Waals surface area contributed by atoms with Crippen molar-refractivity contribution in [2.75, 3.05) is 7.11 Å². The first-order chi connectivity index (χ1) is 14.6. The van der Waals surface area contributed by atoms with Gasteiger partial charge in [0, 0.05) is 24.5 Å². The van der Waals surface area contributed by atoms with Gasteiger partial charge in [0.15, 0.2) is 0 Å². The summed E-state index contributed by atoms with van der Waals surface area (Å²) in [5.74, 6) is -1.06. The summed E-state index contributed by atoms with van der Waals surface area (Å²) >= 11 is 0. The minimum Gasteiger partial charge on any atom is -0.507 e. The number of hydrogen-bond donors (Lipinski definition) is 1. The molecule has 30 heavy (non-hydrogen) atoms. The number of ketones is 1. The number of aliphatic hydroxyl groups excluding tert-OH is 1. The minimum atomic E-state index is -0.715. The zero-order valence-electron chi connectivity index (χ0n) is 16.4. The number of methoxy groups -OCH3 is 1. The van der Waals surface area contributed by atoms with E-state index in [9.17, 15) is 14.7 Å². The summed E-state index contributed by atoms with van der Waals surface area (Å²) in [7, 11) is 1.52. The summed E-state index contributed by atoms with van der Waals surface area (Å²) in [4.78, 5) is 31.5. The third-order valence-corrected chi connectivity index (χ3v) is 5.07. The quantitative estimate of drug-likeness (QED) is 0.401. The van der Waals surface area contributed by atoms with Crippen molar-refractivity contribution in [1.82, 2.24) is 9.88 Å². The Bertz CT molecular complexity index is 1110. The summed E-state index contributed by atoms with van der Waals surface area (Å²) < 4.78 is 5.22. The Morgan fingerprint density at radius 1 is 1.07 bits per heavy atom. The van der Waals surface area contributed by atoms with E-state index in [2.05, 4.69) is 4.98 Å². The number of pyridine rings is 1. The maximum Gasteiger partial charge on any atom is 0.295 e. The van der Waals surface area contributed by atoms with Gasteiger partial charge in [-0.15, -0.1) is 0 Å². The van der Waals surface area contributed by atoms with Gasteiger partial charge in [0.25, 0.3) is 11.7 Å². The van der Waals surface area contributed by atoms with Gasteiger partial charge in [-0.3, -0.25) is 14.6 Å². The smallest absolute Gasteiger partial charge is 0.295 e. The summed E-state index contributed by atoms with van der Waals surface area (Å²) in [5, 5.41) is 11.1. The Hall–Kier alpha value is -3.93. The number of likely N-dealkylation sites (tertiary alicyclic amines) is 1. The second kappa shape index (κ2) is 8.21. The van der Waals surface area contributed by atoms with E-state index in [1.165, 1.54) is 12.0 Å². The molecule has 1 saturated heterocycles. The summed E-state index contributed by atoms with van der Waals surface area (Å²) in [6.45, 7) is 0.201. The fraction of sp³-hybridized carbons (Fsp3) is 0.125. The highest BCUT2D eigenvalue weighted by molar-refractivity contribution is 6.46. The highest BCUT2D eigenvalue weighted by atomic mass is 16.5. The van der Waals surface area contributed by atoms with E-state index in [4.69, 9.17) is 4.74 Å². The monoisotopic (exact) mass is 400 g/mol. The molecule has 1 amide bonds. The normalized spacial score (nSPS) is 17.9. The van der Waals surface area contributed by atoms with E-state index in [1.807, 2.05) is 36.4 Å². The van der Waals surface area contributed by atoms with Gasteiger partial charge in [-0.1, -0.05) is 48.5 Å². The highest BCUT2D eigenvalue weighted by Gasteiger charge is 2.46. The fourth-order valence-electron chi connectivity index (χ4n) is 3.64. The van der Waals surface area contributed by atoms with Gasteiger partial charge in [0.1, 0.15) is 11.5 Å². The van der Waals surface area contributed by atoms with Gasteiger partial charge < -0.3 is 14.7 Å². The highest BCUT2D eigenvalue weighted by Crippen LogP contribution is 2.40. The van der Waals surface area contributed by atoms with E-state index in [0.717, 1.165) is 11.1 Å². The zero-order valence-corrected chi connectivity index (χ0v) is 16.4. The molecule has 0 saturated carbocycles. The van der Waals surface area contributed by atoms with Gasteiger partial charge in [0.05, 0.1) is 18.7 Å². The lowest BCUT2D eigenvalue weighted by Gasteiger charge is -2.25. The molecule has 3 aromatic rings. The van der Waals surface area contributed by atoms with Crippen molar-refractivity contribution in [1.29, 1.82) is 0 Å². The molecule has 0 bridgehead atoms. The van der Waals surface area contributed by atoms with Crippen LogP contribution in [-0.2, 0) is 16.1 Å². The van der Waals surface area contributed by atoms with Crippen molar-refractivity contribution in [3.63, 3.8) is 0 Å². The molecule has 2 heterocycles. The number of aliphatic hydroxyl groups is 1. The lowest BCUT2D eigenvalue weighted by molar-refractivity contribution is -0.140. The molecular weight excluding hydrogens is 380 g/mol. The molecule has 4 rings (SSSR count). The first-order valence-corrected chi connectivity index (χ1v) is 9.47. The van der Waals surface area contributed by atoms with Crippen LogP contribution in [-0.4, -0.2) is 33.8 Å². The van der Waals surface area contributed by atoms with Crippen molar-refractivity contribution in [2.24, 2.45) is 0 Å². The standard InChI is InChI=1S/C24H20N2O4/c1-30-19-11-5-10-18(13-19)22(27)20-21(17-8-3-2-4-9-17)26(24(29)23(20)28)15-16-7-6-12-25-14-16/h2-14,21,27H,15H2,1H3/t21-/m0/s1. The van der Waals surface area contributed by atoms with E-state index >= 15 is 0 Å². The van der Waals surface area contributed by atoms with Crippen LogP contribution in [0.3, 0.4) is 0 Å². The molecule has 0 radical (unpaired) electrons. The molecule has 6 nitrogen and oxygen atoms in total. The van der Waals surface area contributed by atoms with Crippen molar-refractivity contribution in [3.05, 3.63) is 101 Å². The van der Waals surface area contributed by atoms with Crippen molar-refractivity contribution in [2.45, 2.75) is 12.6 Å². The van der Waals surface area contributed by atoms with Gasteiger partial charge >= 0.3 is 0 Å². The number of nitrogens with zero attached hydrogens (tertiary/aromatic N) is 2. The predicted molar refractivity (Wildman–Crippen MR) is 112 cm³/mol. The van der Waals surface area contributed by atoms with Crippen LogP contribution in [0.2, 0.25) is 0 Å². The average Bonchev–Trinajstić information content (AvgIpc) is 3.05. The number of carbonyl (C=O) groups is 2. The number of benzene rings is 2. The molecular formula is C24H20N2O4. The van der Waals surface area contributed by atoms with Crippen LogP contribution in [0, 0.1) is 0 Å². The second-order valence-corrected chi connectivity index (χ2v) is 6.93. The second-order valence-electron chi connectivity index (χ2n) is 6.93. The third kappa shape index (κ3) is 3.55. The Morgan fingerprint density at radius 3 is 2.57 bits per heavy atom. The zero-order chi connectivity index (χ0) is 21.1. The molecule has 0 unspecified atom stereocenters. The first-order valence-electron chi connectivity index (χ1n) is 9.47. The number of amides is 1. The lowest BCUT2D eigenvalue weighted by atomic mass is 9.95. The Morgan fingerprint density at radius 2 is 1.87 bits per heavy atom. The lowest BCUT2D eigenvalue weighted by Crippen LogP contribution is -2.29. The van der Waals surface area contributed by atoms with Crippen LogP contribution in [0.5, 0.6) is 5.75 Å². The largest absolute Gasteiger partial charge is 0.507 e. The van der Waals surface area contributed by atoms with Crippen LogP contribution in [0.25, 0.3) is 5.76 Å². The van der Waals surface area contributed by atoms with E-state index in [0.29, 0.717) is 11.3 Å². The maximum absolute atomic E-state index is 13.0. The van der Waals surface area contributed by atoms with Crippen molar-refractivity contribution < 1.29 is 19.4 Å². The van der Waals surface area contributed by atoms with Gasteiger partial charge in [-0.2, -0.15) is 0 Å².